The van der Waals surface area contributed by atoms with E-state index in [-0.39, 0.29) is 17.8 Å². The first kappa shape index (κ1) is 13.9. The Hall–Kier alpha value is -2.51. The van der Waals surface area contributed by atoms with Crippen LogP contribution >= 0.6 is 0 Å². The quantitative estimate of drug-likeness (QED) is 0.864. The van der Waals surface area contributed by atoms with Gasteiger partial charge in [0.2, 0.25) is 0 Å². The van der Waals surface area contributed by atoms with Crippen molar-refractivity contribution in [1.29, 1.82) is 0 Å². The van der Waals surface area contributed by atoms with E-state index in [1.54, 1.807) is 26.2 Å². The fourth-order valence-corrected chi connectivity index (χ4v) is 1.61. The maximum Gasteiger partial charge on any atom is 0.270 e. The van der Waals surface area contributed by atoms with Crippen LogP contribution in [-0.2, 0) is 7.05 Å². The van der Waals surface area contributed by atoms with Crippen LogP contribution in [-0.4, -0.2) is 38.1 Å². The van der Waals surface area contributed by atoms with Crippen molar-refractivity contribution in [2.24, 2.45) is 7.05 Å². The molecule has 106 valence electrons. The number of pyridine rings is 1. The van der Waals surface area contributed by atoms with Crippen molar-refractivity contribution in [2.75, 3.05) is 17.7 Å². The normalized spacial score (nSPS) is 10.7. The molecule has 0 atom stereocenters. The minimum Gasteiger partial charge on any atom is -0.373 e. The molecule has 8 nitrogen and oxygen atoms in total. The Bertz CT molecular complexity index is 620. The van der Waals surface area contributed by atoms with Gasteiger partial charge < -0.3 is 5.32 Å². The number of anilines is 2. The highest BCUT2D eigenvalue weighted by atomic mass is 16.1. The Balaban J connectivity index is 2.26. The van der Waals surface area contributed by atoms with E-state index < -0.39 is 0 Å². The topological polar surface area (TPSA) is 97.6 Å². The number of nitrogens with one attached hydrogen (secondary N) is 2. The lowest BCUT2D eigenvalue weighted by Gasteiger charge is -2.10. The lowest BCUT2D eigenvalue weighted by Crippen LogP contribution is -2.15. The minimum absolute atomic E-state index is 0.173. The highest BCUT2D eigenvalue weighted by Crippen LogP contribution is 2.18. The van der Waals surface area contributed by atoms with Gasteiger partial charge in [0.15, 0.2) is 0 Å². The summed E-state index contributed by atoms with van der Waals surface area (Å²) in [7, 11) is 3.39. The molecule has 2 aromatic rings. The van der Waals surface area contributed by atoms with Crippen LogP contribution in [0.1, 0.15) is 35.8 Å². The van der Waals surface area contributed by atoms with Crippen molar-refractivity contribution in [1.82, 2.24) is 25.2 Å². The zero-order valence-corrected chi connectivity index (χ0v) is 11.9. The van der Waals surface area contributed by atoms with E-state index >= 15 is 0 Å². The van der Waals surface area contributed by atoms with Gasteiger partial charge in [-0.3, -0.25) is 10.1 Å². The molecule has 0 bridgehead atoms. The van der Waals surface area contributed by atoms with Crippen molar-refractivity contribution in [3.05, 3.63) is 23.4 Å². The molecule has 0 aromatic carbocycles. The molecule has 2 heterocycles. The molecular formula is C12H17N7O. The Labute approximate surface area is 116 Å². The first-order valence-electron chi connectivity index (χ1n) is 6.24. The summed E-state index contributed by atoms with van der Waals surface area (Å²) in [5, 5.41) is 16.8. The van der Waals surface area contributed by atoms with Gasteiger partial charge >= 0.3 is 0 Å². The van der Waals surface area contributed by atoms with Crippen LogP contribution in [0.5, 0.6) is 0 Å². The molecule has 0 radical (unpaired) electrons. The number of hydrogen-bond donors (Lipinski definition) is 2. The van der Waals surface area contributed by atoms with Crippen LogP contribution < -0.4 is 10.6 Å². The smallest absolute Gasteiger partial charge is 0.270 e. The molecule has 8 heteroatoms. The van der Waals surface area contributed by atoms with Gasteiger partial charge in [0.1, 0.15) is 5.82 Å². The van der Waals surface area contributed by atoms with Crippen LogP contribution in [0.4, 0.5) is 11.8 Å². The lowest BCUT2D eigenvalue weighted by atomic mass is 10.1. The van der Waals surface area contributed by atoms with Crippen LogP contribution in [0.3, 0.4) is 0 Å². The van der Waals surface area contributed by atoms with Gasteiger partial charge in [-0.25, -0.2) is 4.98 Å². The predicted octanol–water partition coefficient (Wildman–Crippen LogP) is 1.02. The summed E-state index contributed by atoms with van der Waals surface area (Å²) < 4.78 is 0. The number of aromatic nitrogens is 5. The van der Waals surface area contributed by atoms with Crippen molar-refractivity contribution in [2.45, 2.75) is 19.8 Å². The zero-order chi connectivity index (χ0) is 14.7. The summed E-state index contributed by atoms with van der Waals surface area (Å²) in [5.74, 6) is 0.753. The average Bonchev–Trinajstić information content (AvgIpc) is 2.83. The Morgan fingerprint density at radius 2 is 2.10 bits per heavy atom. The molecule has 0 aliphatic carbocycles. The van der Waals surface area contributed by atoms with Gasteiger partial charge in [0.05, 0.1) is 7.05 Å². The van der Waals surface area contributed by atoms with Crippen molar-refractivity contribution < 1.29 is 4.79 Å². The number of nitrogens with zero attached hydrogens (tertiary/aromatic N) is 5. The second-order valence-electron chi connectivity index (χ2n) is 4.63. The zero-order valence-electron chi connectivity index (χ0n) is 11.9. The molecule has 0 saturated heterocycles. The highest BCUT2D eigenvalue weighted by molar-refractivity contribution is 6.03. The van der Waals surface area contributed by atoms with Crippen LogP contribution in [0, 0.1) is 0 Å². The fourth-order valence-electron chi connectivity index (χ4n) is 1.61. The number of carbonyl (C=O) groups is 1. The van der Waals surface area contributed by atoms with E-state index in [0.717, 1.165) is 5.69 Å². The molecule has 2 aromatic heterocycles. The van der Waals surface area contributed by atoms with E-state index in [2.05, 4.69) is 31.0 Å². The van der Waals surface area contributed by atoms with Crippen molar-refractivity contribution >= 4 is 17.7 Å². The van der Waals surface area contributed by atoms with Gasteiger partial charge in [0, 0.05) is 18.3 Å². The van der Waals surface area contributed by atoms with Gasteiger partial charge in [-0.2, -0.15) is 4.80 Å². The molecule has 20 heavy (non-hydrogen) atoms. The minimum atomic E-state index is -0.293. The van der Waals surface area contributed by atoms with Crippen LogP contribution in [0.25, 0.3) is 0 Å². The maximum absolute atomic E-state index is 12.2. The van der Waals surface area contributed by atoms with E-state index in [4.69, 9.17) is 0 Å². The number of amides is 1. The summed E-state index contributed by atoms with van der Waals surface area (Å²) in [6.07, 6.45) is 0. The van der Waals surface area contributed by atoms with E-state index in [1.807, 2.05) is 13.8 Å². The maximum atomic E-state index is 12.2. The number of rotatable bonds is 4. The molecule has 2 rings (SSSR count). The van der Waals surface area contributed by atoms with Crippen LogP contribution in [0.15, 0.2) is 12.1 Å². The number of carbonyl (C=O) groups excluding carboxylic acids is 1. The van der Waals surface area contributed by atoms with Crippen molar-refractivity contribution in [3.63, 3.8) is 0 Å². The fraction of sp³-hybridized carbons (Fsp3) is 0.417. The van der Waals surface area contributed by atoms with Gasteiger partial charge in [-0.15, -0.1) is 5.10 Å². The van der Waals surface area contributed by atoms with Gasteiger partial charge in [-0.05, 0) is 23.3 Å². The number of aryl methyl sites for hydroxylation is 1. The van der Waals surface area contributed by atoms with E-state index in [9.17, 15) is 4.79 Å². The summed E-state index contributed by atoms with van der Waals surface area (Å²) >= 11 is 0. The van der Waals surface area contributed by atoms with E-state index in [0.29, 0.717) is 11.4 Å². The Morgan fingerprint density at radius 3 is 2.65 bits per heavy atom. The molecule has 0 aliphatic rings. The summed E-state index contributed by atoms with van der Waals surface area (Å²) in [4.78, 5) is 17.9. The van der Waals surface area contributed by atoms with E-state index in [1.165, 1.54) is 4.80 Å². The molecule has 0 aliphatic heterocycles. The Kier molecular flexibility index (Phi) is 3.92. The van der Waals surface area contributed by atoms with Crippen LogP contribution in [0.2, 0.25) is 0 Å². The molecule has 0 fully saturated rings. The lowest BCUT2D eigenvalue weighted by molar-refractivity contribution is 0.102. The molecule has 0 unspecified atom stereocenters. The monoisotopic (exact) mass is 275 g/mol. The molecule has 0 saturated carbocycles. The molecule has 0 spiro atoms. The third kappa shape index (κ3) is 3.08. The summed E-state index contributed by atoms with van der Waals surface area (Å²) in [6, 6.07) is 3.44. The van der Waals surface area contributed by atoms with Gasteiger partial charge in [0.25, 0.3) is 11.9 Å². The number of hydrogen-bond acceptors (Lipinski definition) is 6. The summed E-state index contributed by atoms with van der Waals surface area (Å²) in [6.45, 7) is 4.04. The first-order chi connectivity index (χ1) is 9.49. The van der Waals surface area contributed by atoms with Crippen molar-refractivity contribution in [3.8, 4) is 0 Å². The SMILES string of the molecule is CNc1cc(C(=O)Nc2nnn(C)n2)cc(C(C)C)n1. The highest BCUT2D eigenvalue weighted by Gasteiger charge is 2.13. The average molecular weight is 275 g/mol. The first-order valence-corrected chi connectivity index (χ1v) is 6.24. The Morgan fingerprint density at radius 1 is 1.35 bits per heavy atom. The predicted molar refractivity (Wildman–Crippen MR) is 74.6 cm³/mol. The second kappa shape index (κ2) is 5.64. The third-order valence-electron chi connectivity index (χ3n) is 2.69. The molecular weight excluding hydrogens is 258 g/mol. The molecule has 2 N–H and O–H groups in total. The number of tetrazole rings is 1. The largest absolute Gasteiger partial charge is 0.373 e. The van der Waals surface area contributed by atoms with Gasteiger partial charge in [-0.1, -0.05) is 18.9 Å². The second-order valence-corrected chi connectivity index (χ2v) is 4.63. The molecule has 1 amide bonds. The summed E-state index contributed by atoms with van der Waals surface area (Å²) in [5.41, 5.74) is 1.34. The third-order valence-corrected chi connectivity index (χ3v) is 2.69. The standard InChI is InChI=1S/C12H17N7O/c1-7(2)9-5-8(6-10(13-3)14-9)11(20)15-12-16-18-19(4)17-12/h5-7H,1-4H3,(H,13,14)(H,15,17,20).